The van der Waals surface area contributed by atoms with E-state index in [0.29, 0.717) is 5.56 Å². The highest BCUT2D eigenvalue weighted by atomic mass is 35.5. The van der Waals surface area contributed by atoms with Gasteiger partial charge in [-0.15, -0.1) is 11.3 Å². The first-order chi connectivity index (χ1) is 11.8. The van der Waals surface area contributed by atoms with E-state index in [9.17, 15) is 14.3 Å². The Hall–Kier alpha value is -1.18. The van der Waals surface area contributed by atoms with Crippen molar-refractivity contribution < 1.29 is 14.3 Å². The molecule has 0 aliphatic carbocycles. The van der Waals surface area contributed by atoms with Gasteiger partial charge in [0.25, 0.3) is 5.91 Å². The van der Waals surface area contributed by atoms with Crippen LogP contribution in [0.2, 0.25) is 0 Å². The van der Waals surface area contributed by atoms with Gasteiger partial charge >= 0.3 is 0 Å². The first-order valence-corrected chi connectivity index (χ1v) is 9.30. The summed E-state index contributed by atoms with van der Waals surface area (Å²) in [6.07, 6.45) is -1.21. The van der Waals surface area contributed by atoms with E-state index in [1.807, 2.05) is 31.2 Å². The number of hydrogen-bond donors (Lipinski definition) is 3. The first-order valence-electron chi connectivity index (χ1n) is 7.61. The Bertz CT molecular complexity index is 707. The minimum atomic E-state index is -1.32. The third kappa shape index (κ3) is 5.15. The fourth-order valence-corrected chi connectivity index (χ4v) is 3.37. The molecule has 1 aromatic heterocycles. The van der Waals surface area contributed by atoms with Gasteiger partial charge in [0.1, 0.15) is 12.8 Å². The van der Waals surface area contributed by atoms with E-state index in [2.05, 4.69) is 5.32 Å². The van der Waals surface area contributed by atoms with Crippen LogP contribution in [-0.2, 0) is 4.79 Å². The Balaban J connectivity index is 2.13. The van der Waals surface area contributed by atoms with Crippen LogP contribution in [0.25, 0.3) is 10.4 Å². The second kappa shape index (κ2) is 8.96. The van der Waals surface area contributed by atoms with Crippen molar-refractivity contribution in [3.63, 3.8) is 0 Å². The molecule has 0 radical (unpaired) electrons. The fraction of sp³-hybridized carbons (Fsp3) is 0.353. The minimum absolute atomic E-state index is 0.0264. The van der Waals surface area contributed by atoms with Gasteiger partial charge in [-0.2, -0.15) is 0 Å². The lowest BCUT2D eigenvalue weighted by molar-refractivity contribution is -0.121. The molecule has 3 atom stereocenters. The van der Waals surface area contributed by atoms with Crippen molar-refractivity contribution in [1.82, 2.24) is 5.32 Å². The number of benzene rings is 1. The maximum atomic E-state index is 13.2. The predicted octanol–water partition coefficient (Wildman–Crippen LogP) is 3.73. The second-order valence-corrected chi connectivity index (χ2v) is 7.84. The quantitative estimate of drug-likeness (QED) is 0.615. The summed E-state index contributed by atoms with van der Waals surface area (Å²) in [5, 5.41) is 12.6. The lowest BCUT2D eigenvalue weighted by Crippen LogP contribution is -2.43. The van der Waals surface area contributed by atoms with Crippen molar-refractivity contribution in [3.8, 4) is 10.4 Å². The van der Waals surface area contributed by atoms with E-state index in [1.54, 1.807) is 23.5 Å². The van der Waals surface area contributed by atoms with Gasteiger partial charge in [0.15, 0.2) is 4.84 Å². The number of nitrogens with two attached hydrogens (primary N) is 1. The molecule has 0 fully saturated rings. The summed E-state index contributed by atoms with van der Waals surface area (Å²) in [4.78, 5) is 12.3. The Kier molecular flexibility index (Phi) is 7.22. The molecule has 25 heavy (non-hydrogen) atoms. The summed E-state index contributed by atoms with van der Waals surface area (Å²) in [7, 11) is 0. The Morgan fingerprint density at radius 3 is 2.40 bits per heavy atom. The predicted molar refractivity (Wildman–Crippen MR) is 101 cm³/mol. The van der Waals surface area contributed by atoms with E-state index < -0.39 is 29.6 Å². The normalized spacial score (nSPS) is 15.0. The molecule has 1 heterocycles. The molecule has 0 saturated heterocycles. The summed E-state index contributed by atoms with van der Waals surface area (Å²) in [5.41, 5.74) is 7.32. The van der Waals surface area contributed by atoms with Crippen molar-refractivity contribution >= 4 is 40.4 Å². The Morgan fingerprint density at radius 1 is 1.28 bits per heavy atom. The van der Waals surface area contributed by atoms with Gasteiger partial charge in [-0.1, -0.05) is 47.5 Å². The summed E-state index contributed by atoms with van der Waals surface area (Å²) in [6, 6.07) is 9.87. The van der Waals surface area contributed by atoms with Crippen LogP contribution >= 0.6 is 34.5 Å². The Morgan fingerprint density at radius 2 is 1.92 bits per heavy atom. The Labute approximate surface area is 159 Å². The number of amides is 1. The van der Waals surface area contributed by atoms with Crippen LogP contribution in [0, 0.1) is 0 Å². The number of carbonyl (C=O) groups excluding carboxylic acids is 1. The largest absolute Gasteiger partial charge is 0.386 e. The molecular weight excluding hydrogens is 386 g/mol. The van der Waals surface area contributed by atoms with E-state index in [-0.39, 0.29) is 6.04 Å². The van der Waals surface area contributed by atoms with Crippen LogP contribution in [0.15, 0.2) is 36.4 Å². The molecule has 0 aliphatic rings. The van der Waals surface area contributed by atoms with Gasteiger partial charge in [-0.25, -0.2) is 4.39 Å². The fourth-order valence-electron chi connectivity index (χ4n) is 2.28. The number of alkyl halides is 3. The second-order valence-electron chi connectivity index (χ2n) is 5.63. The molecule has 136 valence electrons. The molecule has 0 spiro atoms. The zero-order valence-corrected chi connectivity index (χ0v) is 15.8. The van der Waals surface area contributed by atoms with Crippen LogP contribution in [0.3, 0.4) is 0 Å². The molecule has 2 aromatic rings. The average Bonchev–Trinajstić information content (AvgIpc) is 3.09. The summed E-state index contributed by atoms with van der Waals surface area (Å²) in [5.74, 6) is -0.747. The molecule has 0 aliphatic heterocycles. The van der Waals surface area contributed by atoms with Crippen molar-refractivity contribution in [2.75, 3.05) is 6.67 Å². The third-order valence-corrected chi connectivity index (χ3v) is 5.42. The van der Waals surface area contributed by atoms with E-state index in [1.165, 1.54) is 0 Å². The lowest BCUT2D eigenvalue weighted by Gasteiger charge is -2.22. The smallest absolute Gasteiger partial charge is 0.253 e. The monoisotopic (exact) mass is 404 g/mol. The van der Waals surface area contributed by atoms with E-state index in [0.717, 1.165) is 15.3 Å². The van der Waals surface area contributed by atoms with Gasteiger partial charge in [0, 0.05) is 15.8 Å². The van der Waals surface area contributed by atoms with Gasteiger partial charge in [-0.05, 0) is 30.2 Å². The average molecular weight is 405 g/mol. The minimum Gasteiger partial charge on any atom is -0.386 e. The highest BCUT2D eigenvalue weighted by Gasteiger charge is 2.25. The van der Waals surface area contributed by atoms with Crippen LogP contribution in [0.5, 0.6) is 0 Å². The van der Waals surface area contributed by atoms with E-state index in [4.69, 9.17) is 28.9 Å². The topological polar surface area (TPSA) is 75.3 Å². The molecule has 1 unspecified atom stereocenters. The molecular formula is C17H19Cl2FN2O2S. The zero-order valence-electron chi connectivity index (χ0n) is 13.5. The molecule has 8 heteroatoms. The number of nitrogens with one attached hydrogen (secondary N) is 1. The third-order valence-electron chi connectivity index (χ3n) is 3.69. The van der Waals surface area contributed by atoms with Crippen LogP contribution in [0.1, 0.15) is 29.5 Å². The molecule has 0 bridgehead atoms. The number of aliphatic hydroxyl groups is 1. The number of aliphatic hydroxyl groups excluding tert-OH is 1. The maximum absolute atomic E-state index is 13.2. The van der Waals surface area contributed by atoms with Gasteiger partial charge in [-0.3, -0.25) is 4.79 Å². The maximum Gasteiger partial charge on any atom is 0.253 e. The molecule has 1 amide bonds. The molecule has 4 nitrogen and oxygen atoms in total. The standard InChI is InChI=1S/C17H19Cl2FN2O2S/c1-9(21)13-6-7-14(25-13)10-2-4-11(5-3-10)15(23)12(8-20)22-17(24)16(18)19/h2-7,9,12,15-16,23H,8,21H2,1H3,(H,22,24)/t9?,12-,15-/m1/s1. The van der Waals surface area contributed by atoms with Crippen molar-refractivity contribution in [1.29, 1.82) is 0 Å². The van der Waals surface area contributed by atoms with Crippen molar-refractivity contribution in [2.24, 2.45) is 5.73 Å². The number of thiophene rings is 1. The molecule has 4 N–H and O–H groups in total. The van der Waals surface area contributed by atoms with Crippen LogP contribution < -0.4 is 11.1 Å². The van der Waals surface area contributed by atoms with E-state index >= 15 is 0 Å². The molecule has 0 saturated carbocycles. The molecule has 2 rings (SSSR count). The van der Waals surface area contributed by atoms with Gasteiger partial charge in [0.05, 0.1) is 6.04 Å². The number of hydrogen-bond acceptors (Lipinski definition) is 4. The molecule has 1 aromatic carbocycles. The van der Waals surface area contributed by atoms with Crippen LogP contribution in [0.4, 0.5) is 4.39 Å². The lowest BCUT2D eigenvalue weighted by atomic mass is 10.0. The summed E-state index contributed by atoms with van der Waals surface area (Å²) in [6.45, 7) is 0.977. The first kappa shape index (κ1) is 20.1. The summed E-state index contributed by atoms with van der Waals surface area (Å²) < 4.78 is 13.2. The van der Waals surface area contributed by atoms with Crippen LogP contribution in [-0.4, -0.2) is 28.6 Å². The van der Waals surface area contributed by atoms with Crippen molar-refractivity contribution in [2.45, 2.75) is 29.9 Å². The highest BCUT2D eigenvalue weighted by Crippen LogP contribution is 2.31. The number of halogens is 3. The highest BCUT2D eigenvalue weighted by molar-refractivity contribution is 7.15. The van der Waals surface area contributed by atoms with Gasteiger partial charge in [0.2, 0.25) is 0 Å². The summed E-state index contributed by atoms with van der Waals surface area (Å²) >= 11 is 12.5. The van der Waals surface area contributed by atoms with Gasteiger partial charge < -0.3 is 16.2 Å². The number of carbonyl (C=O) groups is 1. The van der Waals surface area contributed by atoms with Crippen molar-refractivity contribution in [3.05, 3.63) is 46.8 Å². The SMILES string of the molecule is CC(N)c1ccc(-c2ccc([C@@H](O)[C@@H](CF)NC(=O)C(Cl)Cl)cc2)s1. The number of rotatable bonds is 7. The zero-order chi connectivity index (χ0) is 18.6.